The Morgan fingerprint density at radius 2 is 2.24 bits per heavy atom. The number of hydrogen-bond donors (Lipinski definition) is 1. The Kier molecular flexibility index (Phi) is 5.65. The molecule has 0 bridgehead atoms. The van der Waals surface area contributed by atoms with Crippen LogP contribution in [-0.4, -0.2) is 35.0 Å². The van der Waals surface area contributed by atoms with Gasteiger partial charge >= 0.3 is 0 Å². The van der Waals surface area contributed by atoms with Gasteiger partial charge in [0.15, 0.2) is 0 Å². The van der Waals surface area contributed by atoms with Gasteiger partial charge in [0, 0.05) is 25.2 Å². The van der Waals surface area contributed by atoms with Crippen LogP contribution in [0.25, 0.3) is 0 Å². The van der Waals surface area contributed by atoms with Gasteiger partial charge in [-0.1, -0.05) is 18.5 Å². The smallest absolute Gasteiger partial charge is 0.287 e. The van der Waals surface area contributed by atoms with Crippen LogP contribution < -0.4 is 15.8 Å². The molecule has 2 heterocycles. The third-order valence-corrected chi connectivity index (χ3v) is 4.58. The molecule has 5 nitrogen and oxygen atoms in total. The van der Waals surface area contributed by atoms with Crippen LogP contribution in [0.5, 0.6) is 0 Å². The number of nitrogens with zero attached hydrogens (tertiary/aromatic N) is 3. The molecule has 1 aliphatic rings. The highest BCUT2D eigenvalue weighted by Crippen LogP contribution is 2.29. The quantitative estimate of drug-likeness (QED) is 0.906. The lowest BCUT2D eigenvalue weighted by molar-refractivity contribution is 0.371. The van der Waals surface area contributed by atoms with Crippen LogP contribution in [0.2, 0.25) is 5.02 Å². The van der Waals surface area contributed by atoms with E-state index in [0.29, 0.717) is 23.7 Å². The average Bonchev–Trinajstić information content (AvgIpc) is 2.50. The summed E-state index contributed by atoms with van der Waals surface area (Å²) in [5, 5.41) is 8.01. The van der Waals surface area contributed by atoms with Gasteiger partial charge in [0.1, 0.15) is 5.02 Å². The third-order valence-electron chi connectivity index (χ3n) is 4.23. The average molecular weight is 313 g/mol. The first kappa shape index (κ1) is 16.3. The molecule has 0 aromatic carbocycles. The molecule has 0 radical (unpaired) electrons. The number of anilines is 1. The van der Waals surface area contributed by atoms with E-state index in [1.54, 1.807) is 6.20 Å². The van der Waals surface area contributed by atoms with Crippen molar-refractivity contribution in [2.75, 3.05) is 18.0 Å². The second-order valence-electron chi connectivity index (χ2n) is 5.57. The SMILES string of the molecule is CCNC(C)C1CCCCN1c1cnn(CC)c(=O)c1Cl. The monoisotopic (exact) mass is 312 g/mol. The van der Waals surface area contributed by atoms with Gasteiger partial charge in [0.25, 0.3) is 5.56 Å². The van der Waals surface area contributed by atoms with Crippen molar-refractivity contribution in [3.63, 3.8) is 0 Å². The molecule has 0 saturated carbocycles. The normalized spacial score (nSPS) is 20.6. The molecule has 2 rings (SSSR count). The molecule has 0 spiro atoms. The maximum atomic E-state index is 12.2. The van der Waals surface area contributed by atoms with E-state index in [-0.39, 0.29) is 5.56 Å². The van der Waals surface area contributed by atoms with Crippen molar-refractivity contribution in [2.45, 2.75) is 58.7 Å². The number of aryl methyl sites for hydroxylation is 1. The molecule has 21 heavy (non-hydrogen) atoms. The van der Waals surface area contributed by atoms with Gasteiger partial charge in [-0.25, -0.2) is 4.68 Å². The molecule has 118 valence electrons. The molecule has 2 atom stereocenters. The highest BCUT2D eigenvalue weighted by molar-refractivity contribution is 6.33. The molecule has 1 N–H and O–H groups in total. The van der Waals surface area contributed by atoms with Gasteiger partial charge in [-0.05, 0) is 39.7 Å². The van der Waals surface area contributed by atoms with Crippen LogP contribution in [0.3, 0.4) is 0 Å². The Bertz CT molecular complexity index is 531. The predicted octanol–water partition coefficient (Wildman–Crippen LogP) is 2.27. The fraction of sp³-hybridized carbons (Fsp3) is 0.733. The fourth-order valence-corrected chi connectivity index (χ4v) is 3.37. The highest BCUT2D eigenvalue weighted by atomic mass is 35.5. The maximum Gasteiger partial charge on any atom is 0.287 e. The number of piperidine rings is 1. The molecule has 1 fully saturated rings. The number of likely N-dealkylation sites (N-methyl/N-ethyl adjacent to an activating group) is 1. The second kappa shape index (κ2) is 7.27. The van der Waals surface area contributed by atoms with E-state index in [2.05, 4.69) is 29.2 Å². The van der Waals surface area contributed by atoms with E-state index in [1.807, 2.05) is 6.92 Å². The second-order valence-corrected chi connectivity index (χ2v) is 5.95. The van der Waals surface area contributed by atoms with Crippen LogP contribution >= 0.6 is 11.6 Å². The summed E-state index contributed by atoms with van der Waals surface area (Å²) in [6, 6.07) is 0.717. The Balaban J connectivity index is 2.33. The van der Waals surface area contributed by atoms with Gasteiger partial charge in [0.2, 0.25) is 0 Å². The van der Waals surface area contributed by atoms with E-state index in [0.717, 1.165) is 31.6 Å². The summed E-state index contributed by atoms with van der Waals surface area (Å²) >= 11 is 6.32. The fourth-order valence-electron chi connectivity index (χ4n) is 3.12. The minimum atomic E-state index is -0.197. The molecule has 0 amide bonds. The first-order valence-electron chi connectivity index (χ1n) is 7.85. The first-order chi connectivity index (χ1) is 10.1. The van der Waals surface area contributed by atoms with Crippen molar-refractivity contribution in [3.8, 4) is 0 Å². The zero-order valence-corrected chi connectivity index (χ0v) is 13.9. The zero-order chi connectivity index (χ0) is 15.4. The number of rotatable bonds is 5. The Labute approximate surface area is 131 Å². The lowest BCUT2D eigenvalue weighted by Gasteiger charge is -2.41. The van der Waals surface area contributed by atoms with Gasteiger partial charge in [0.05, 0.1) is 11.9 Å². The minimum Gasteiger partial charge on any atom is -0.364 e. The topological polar surface area (TPSA) is 50.2 Å². The minimum absolute atomic E-state index is 0.197. The number of aromatic nitrogens is 2. The molecule has 1 aromatic rings. The maximum absolute atomic E-state index is 12.2. The predicted molar refractivity (Wildman–Crippen MR) is 87.3 cm³/mol. The molecule has 1 aliphatic heterocycles. The summed E-state index contributed by atoms with van der Waals surface area (Å²) in [7, 11) is 0. The van der Waals surface area contributed by atoms with Crippen molar-refractivity contribution in [1.82, 2.24) is 15.1 Å². The van der Waals surface area contributed by atoms with Gasteiger partial charge in [-0.15, -0.1) is 0 Å². The van der Waals surface area contributed by atoms with Crippen molar-refractivity contribution in [3.05, 3.63) is 21.6 Å². The zero-order valence-electron chi connectivity index (χ0n) is 13.1. The Hall–Kier alpha value is -1.07. The lowest BCUT2D eigenvalue weighted by Crippen LogP contribution is -2.51. The van der Waals surface area contributed by atoms with E-state index in [1.165, 1.54) is 11.1 Å². The van der Waals surface area contributed by atoms with Crippen molar-refractivity contribution < 1.29 is 0 Å². The van der Waals surface area contributed by atoms with Gasteiger partial charge in [-0.3, -0.25) is 4.79 Å². The van der Waals surface area contributed by atoms with E-state index >= 15 is 0 Å². The highest BCUT2D eigenvalue weighted by Gasteiger charge is 2.29. The number of hydrogen-bond acceptors (Lipinski definition) is 4. The molecule has 1 aromatic heterocycles. The number of halogens is 1. The molecular weight excluding hydrogens is 288 g/mol. The van der Waals surface area contributed by atoms with Crippen LogP contribution in [0.4, 0.5) is 5.69 Å². The summed E-state index contributed by atoms with van der Waals surface area (Å²) in [6.45, 7) is 8.60. The van der Waals surface area contributed by atoms with Crippen LogP contribution in [-0.2, 0) is 6.54 Å². The summed E-state index contributed by atoms with van der Waals surface area (Å²) in [4.78, 5) is 14.4. The molecule has 1 saturated heterocycles. The Morgan fingerprint density at radius 1 is 1.48 bits per heavy atom. The largest absolute Gasteiger partial charge is 0.364 e. The van der Waals surface area contributed by atoms with E-state index < -0.39 is 0 Å². The summed E-state index contributed by atoms with van der Waals surface area (Å²) in [6.07, 6.45) is 5.20. The van der Waals surface area contributed by atoms with Crippen LogP contribution in [0.1, 0.15) is 40.0 Å². The molecule has 0 aliphatic carbocycles. The van der Waals surface area contributed by atoms with E-state index in [4.69, 9.17) is 11.6 Å². The van der Waals surface area contributed by atoms with Gasteiger partial charge in [-0.2, -0.15) is 5.10 Å². The van der Waals surface area contributed by atoms with Crippen molar-refractivity contribution in [2.24, 2.45) is 0 Å². The van der Waals surface area contributed by atoms with Crippen molar-refractivity contribution >= 4 is 17.3 Å². The van der Waals surface area contributed by atoms with Crippen molar-refractivity contribution in [1.29, 1.82) is 0 Å². The molecular formula is C15H25ClN4O. The third kappa shape index (κ3) is 3.40. The first-order valence-corrected chi connectivity index (χ1v) is 8.23. The Morgan fingerprint density at radius 3 is 2.90 bits per heavy atom. The summed E-state index contributed by atoms with van der Waals surface area (Å²) < 4.78 is 1.40. The van der Waals surface area contributed by atoms with E-state index in [9.17, 15) is 4.79 Å². The summed E-state index contributed by atoms with van der Waals surface area (Å²) in [5.74, 6) is 0. The molecule has 2 unspecified atom stereocenters. The molecule has 6 heteroatoms. The summed E-state index contributed by atoms with van der Waals surface area (Å²) in [5.41, 5.74) is 0.581. The standard InChI is InChI=1S/C15H25ClN4O/c1-4-17-11(3)12-8-6-7-9-19(12)13-10-18-20(5-2)15(21)14(13)16/h10-12,17H,4-9H2,1-3H3. The number of nitrogens with one attached hydrogen (secondary N) is 1. The van der Waals surface area contributed by atoms with Gasteiger partial charge < -0.3 is 10.2 Å². The van der Waals surface area contributed by atoms with Crippen LogP contribution in [0.15, 0.2) is 11.0 Å². The lowest BCUT2D eigenvalue weighted by atomic mass is 9.96. The van der Waals surface area contributed by atoms with Crippen LogP contribution in [0, 0.1) is 0 Å².